The molecule has 0 aliphatic carbocycles. The minimum Gasteiger partial charge on any atom is -0.467 e. The monoisotopic (exact) mass is 313 g/mol. The zero-order chi connectivity index (χ0) is 14.0. The second-order valence-corrected chi connectivity index (χ2v) is 6.42. The van der Waals surface area contributed by atoms with Gasteiger partial charge < -0.3 is 4.74 Å². The first-order chi connectivity index (χ1) is 9.04. The third-order valence-electron chi connectivity index (χ3n) is 2.57. The molecule has 1 aromatic heterocycles. The number of nitrogens with zero attached hydrogens (tertiary/aromatic N) is 1. The number of hydrogen-bond acceptors (Lipinski definition) is 6. The number of rotatable bonds is 3. The molecule has 0 spiro atoms. The van der Waals surface area contributed by atoms with Crippen molar-refractivity contribution in [2.75, 3.05) is 7.11 Å². The van der Waals surface area contributed by atoms with Gasteiger partial charge in [0.05, 0.1) is 12.0 Å². The first-order valence-corrected chi connectivity index (χ1v) is 7.53. The highest BCUT2D eigenvalue weighted by Gasteiger charge is 2.38. The lowest BCUT2D eigenvalue weighted by molar-refractivity contribution is -0.147. The van der Waals surface area contributed by atoms with Crippen LogP contribution in [0.3, 0.4) is 0 Å². The molecule has 2 rings (SSSR count). The molecule has 1 aliphatic rings. The zero-order valence-electron chi connectivity index (χ0n) is 10.3. The second kappa shape index (κ2) is 5.85. The van der Waals surface area contributed by atoms with Crippen LogP contribution in [-0.2, 0) is 14.3 Å². The van der Waals surface area contributed by atoms with E-state index in [1.165, 1.54) is 35.1 Å². The Morgan fingerprint density at radius 3 is 2.89 bits per heavy atom. The van der Waals surface area contributed by atoms with Gasteiger partial charge in [0.1, 0.15) is 10.4 Å². The second-order valence-electron chi connectivity index (χ2n) is 3.77. The number of thiophene rings is 1. The topological polar surface area (TPSA) is 46.6 Å². The van der Waals surface area contributed by atoms with Crippen LogP contribution in [0.2, 0.25) is 0 Å². The molecule has 100 valence electrons. The number of thioether (sulfide) groups is 1. The number of hydrogen-bond donors (Lipinski definition) is 0. The van der Waals surface area contributed by atoms with Gasteiger partial charge in [-0.05, 0) is 24.4 Å². The van der Waals surface area contributed by atoms with Crippen molar-refractivity contribution in [2.24, 2.45) is 0 Å². The van der Waals surface area contributed by atoms with Gasteiger partial charge in [-0.2, -0.15) is 0 Å². The van der Waals surface area contributed by atoms with Gasteiger partial charge in [-0.25, -0.2) is 4.79 Å². The Bertz CT molecular complexity index is 551. The average Bonchev–Trinajstić information content (AvgIpc) is 2.98. The van der Waals surface area contributed by atoms with Crippen molar-refractivity contribution in [3.05, 3.63) is 27.3 Å². The maximum Gasteiger partial charge on any atom is 0.328 e. The maximum atomic E-state index is 12.3. The standard InChI is InChI=1S/C12H11NO3S3/c1-7(11(15)16-2)13-10(14)9(19-12(13)17)6-8-4-3-5-18-8/h3-7H,1-2H3/b9-6-. The quantitative estimate of drug-likeness (QED) is 0.487. The summed E-state index contributed by atoms with van der Waals surface area (Å²) < 4.78 is 5.02. The van der Waals surface area contributed by atoms with Crippen molar-refractivity contribution < 1.29 is 14.3 Å². The van der Waals surface area contributed by atoms with E-state index in [1.807, 2.05) is 17.5 Å². The van der Waals surface area contributed by atoms with E-state index in [4.69, 9.17) is 12.2 Å². The highest BCUT2D eigenvalue weighted by molar-refractivity contribution is 8.26. The summed E-state index contributed by atoms with van der Waals surface area (Å²) in [6, 6.07) is 3.13. The van der Waals surface area contributed by atoms with Crippen molar-refractivity contribution in [3.63, 3.8) is 0 Å². The van der Waals surface area contributed by atoms with Gasteiger partial charge in [0, 0.05) is 4.88 Å². The average molecular weight is 313 g/mol. The highest BCUT2D eigenvalue weighted by atomic mass is 32.2. The van der Waals surface area contributed by atoms with Crippen LogP contribution < -0.4 is 0 Å². The Morgan fingerprint density at radius 2 is 2.32 bits per heavy atom. The van der Waals surface area contributed by atoms with E-state index in [0.29, 0.717) is 9.23 Å². The smallest absolute Gasteiger partial charge is 0.328 e. The van der Waals surface area contributed by atoms with Crippen LogP contribution in [-0.4, -0.2) is 34.2 Å². The Hall–Kier alpha value is -1.18. The van der Waals surface area contributed by atoms with Gasteiger partial charge in [-0.15, -0.1) is 11.3 Å². The lowest BCUT2D eigenvalue weighted by atomic mass is 10.3. The van der Waals surface area contributed by atoms with Gasteiger partial charge in [0.2, 0.25) is 0 Å². The Kier molecular flexibility index (Phi) is 4.38. The maximum absolute atomic E-state index is 12.3. The van der Waals surface area contributed by atoms with Crippen molar-refractivity contribution in [2.45, 2.75) is 13.0 Å². The fourth-order valence-corrected chi connectivity index (χ4v) is 3.73. The van der Waals surface area contributed by atoms with E-state index in [2.05, 4.69) is 4.74 Å². The van der Waals surface area contributed by atoms with Gasteiger partial charge in [-0.1, -0.05) is 30.0 Å². The lowest BCUT2D eigenvalue weighted by Crippen LogP contribution is -2.42. The van der Waals surface area contributed by atoms with Crippen molar-refractivity contribution in [1.29, 1.82) is 0 Å². The summed E-state index contributed by atoms with van der Waals surface area (Å²) in [7, 11) is 1.29. The molecule has 1 amide bonds. The predicted molar refractivity (Wildman–Crippen MR) is 80.8 cm³/mol. The number of thiocarbonyl (C=S) groups is 1. The molecule has 1 fully saturated rings. The van der Waals surface area contributed by atoms with E-state index in [0.717, 1.165) is 4.88 Å². The molecule has 0 radical (unpaired) electrons. The van der Waals surface area contributed by atoms with Crippen molar-refractivity contribution >= 4 is 57.6 Å². The van der Waals surface area contributed by atoms with Gasteiger partial charge in [-0.3, -0.25) is 9.69 Å². The molecule has 2 heterocycles. The SMILES string of the molecule is COC(=O)C(C)N1C(=O)/C(=C/c2cccs2)SC1=S. The largest absolute Gasteiger partial charge is 0.467 e. The zero-order valence-corrected chi connectivity index (χ0v) is 12.7. The number of ether oxygens (including phenoxy) is 1. The molecular weight excluding hydrogens is 302 g/mol. The summed E-state index contributed by atoms with van der Waals surface area (Å²) in [5.41, 5.74) is 0. The summed E-state index contributed by atoms with van der Waals surface area (Å²) in [4.78, 5) is 26.6. The normalized spacial score (nSPS) is 19.1. The van der Waals surface area contributed by atoms with Crippen LogP contribution in [0.5, 0.6) is 0 Å². The van der Waals surface area contributed by atoms with Crippen LogP contribution in [0.1, 0.15) is 11.8 Å². The van der Waals surface area contributed by atoms with E-state index in [-0.39, 0.29) is 5.91 Å². The molecule has 0 aromatic carbocycles. The fraction of sp³-hybridized carbons (Fsp3) is 0.250. The van der Waals surface area contributed by atoms with E-state index < -0.39 is 12.0 Å². The van der Waals surface area contributed by atoms with Crippen LogP contribution >= 0.6 is 35.3 Å². The van der Waals surface area contributed by atoms with E-state index >= 15 is 0 Å². The van der Waals surface area contributed by atoms with Crippen LogP contribution in [0.25, 0.3) is 6.08 Å². The Morgan fingerprint density at radius 1 is 1.58 bits per heavy atom. The molecule has 19 heavy (non-hydrogen) atoms. The van der Waals surface area contributed by atoms with Crippen LogP contribution in [0, 0.1) is 0 Å². The summed E-state index contributed by atoms with van der Waals surface area (Å²) in [5.74, 6) is -0.727. The van der Waals surface area contributed by atoms with Crippen LogP contribution in [0.4, 0.5) is 0 Å². The molecule has 4 nitrogen and oxygen atoms in total. The molecule has 1 saturated heterocycles. The third-order valence-corrected chi connectivity index (χ3v) is 4.72. The number of carbonyl (C=O) groups excluding carboxylic acids is 2. The molecule has 1 atom stereocenters. The van der Waals surface area contributed by atoms with Crippen molar-refractivity contribution in [1.82, 2.24) is 4.90 Å². The molecule has 1 unspecified atom stereocenters. The van der Waals surface area contributed by atoms with E-state index in [1.54, 1.807) is 13.0 Å². The Balaban J connectivity index is 2.24. The number of amides is 1. The third kappa shape index (κ3) is 2.88. The van der Waals surface area contributed by atoms with E-state index in [9.17, 15) is 9.59 Å². The number of carbonyl (C=O) groups is 2. The first kappa shape index (κ1) is 14.2. The highest BCUT2D eigenvalue weighted by Crippen LogP contribution is 2.34. The molecule has 7 heteroatoms. The van der Waals surface area contributed by atoms with Gasteiger partial charge >= 0.3 is 5.97 Å². The minimum absolute atomic E-state index is 0.249. The minimum atomic E-state index is -0.702. The molecule has 0 bridgehead atoms. The molecular formula is C12H11NO3S3. The van der Waals surface area contributed by atoms with Crippen molar-refractivity contribution in [3.8, 4) is 0 Å². The first-order valence-electron chi connectivity index (χ1n) is 5.43. The Labute approximate surface area is 124 Å². The molecule has 1 aliphatic heterocycles. The predicted octanol–water partition coefficient (Wildman–Crippen LogP) is 2.51. The summed E-state index contributed by atoms with van der Waals surface area (Å²) in [6.07, 6.45) is 1.79. The number of methoxy groups -OCH3 is 1. The van der Waals surface area contributed by atoms with Gasteiger partial charge in [0.25, 0.3) is 5.91 Å². The molecule has 0 N–H and O–H groups in total. The summed E-state index contributed by atoms with van der Waals surface area (Å²) >= 11 is 7.90. The molecule has 1 aromatic rings. The number of esters is 1. The van der Waals surface area contributed by atoms with Gasteiger partial charge in [0.15, 0.2) is 0 Å². The summed E-state index contributed by atoms with van der Waals surface area (Å²) in [6.45, 7) is 1.60. The summed E-state index contributed by atoms with van der Waals surface area (Å²) in [5, 5.41) is 1.93. The fourth-order valence-electron chi connectivity index (χ4n) is 1.59. The van der Waals surface area contributed by atoms with Crippen LogP contribution in [0.15, 0.2) is 22.4 Å². The lowest BCUT2D eigenvalue weighted by Gasteiger charge is -2.20. The molecule has 0 saturated carbocycles.